The minimum atomic E-state index is -0.212. The van der Waals surface area contributed by atoms with Gasteiger partial charge in [-0.25, -0.2) is 4.98 Å². The van der Waals surface area contributed by atoms with Gasteiger partial charge in [-0.1, -0.05) is 13.8 Å². The fourth-order valence-corrected chi connectivity index (χ4v) is 1.53. The van der Waals surface area contributed by atoms with E-state index in [0.717, 1.165) is 0 Å². The second-order valence-corrected chi connectivity index (χ2v) is 4.02. The van der Waals surface area contributed by atoms with Crippen molar-refractivity contribution in [2.75, 3.05) is 0 Å². The number of rotatable bonds is 2. The molecule has 0 atom stereocenters. The Hall–Kier alpha value is -2.35. The summed E-state index contributed by atoms with van der Waals surface area (Å²) in [6.45, 7) is 3.89. The Bertz CT molecular complexity index is 630. The molecule has 2 heterocycles. The summed E-state index contributed by atoms with van der Waals surface area (Å²) in [4.78, 5) is 18.5. The summed E-state index contributed by atoms with van der Waals surface area (Å²) < 4.78 is 1.60. The van der Waals surface area contributed by atoms with E-state index in [1.54, 1.807) is 22.9 Å². The second-order valence-electron chi connectivity index (χ2n) is 4.02. The van der Waals surface area contributed by atoms with Gasteiger partial charge < -0.3 is 4.98 Å². The molecule has 1 N–H and O–H groups in total. The smallest absolute Gasteiger partial charge is 0.253 e. The van der Waals surface area contributed by atoms with Crippen LogP contribution in [0.5, 0.6) is 0 Å². The molecule has 0 aromatic carbocycles. The number of aromatic amines is 1. The fraction of sp³-hybridized carbons (Fsp3) is 0.250. The van der Waals surface area contributed by atoms with Gasteiger partial charge in [0.05, 0.1) is 0 Å². The maximum Gasteiger partial charge on any atom is 0.253 e. The van der Waals surface area contributed by atoms with Crippen LogP contribution in [0.3, 0.4) is 0 Å². The van der Waals surface area contributed by atoms with E-state index in [9.17, 15) is 4.79 Å². The largest absolute Gasteiger partial charge is 0.310 e. The van der Waals surface area contributed by atoms with Gasteiger partial charge >= 0.3 is 0 Å². The summed E-state index contributed by atoms with van der Waals surface area (Å²) >= 11 is 0. The van der Waals surface area contributed by atoms with Crippen molar-refractivity contribution in [1.82, 2.24) is 14.5 Å². The Balaban J connectivity index is 2.61. The summed E-state index contributed by atoms with van der Waals surface area (Å²) in [5.74, 6) is 1.22. The molecule has 0 amide bonds. The molecule has 2 aromatic heterocycles. The van der Waals surface area contributed by atoms with Crippen LogP contribution in [0.4, 0.5) is 0 Å². The molecule has 0 radical (unpaired) electrons. The maximum atomic E-state index is 11.5. The molecular formula is C12H12N4O. The van der Waals surface area contributed by atoms with Crippen molar-refractivity contribution in [2.24, 2.45) is 0 Å². The van der Waals surface area contributed by atoms with Crippen molar-refractivity contribution in [3.05, 3.63) is 46.3 Å². The minimum absolute atomic E-state index is 0.128. The van der Waals surface area contributed by atoms with E-state index >= 15 is 0 Å². The van der Waals surface area contributed by atoms with E-state index in [1.807, 2.05) is 13.8 Å². The van der Waals surface area contributed by atoms with E-state index in [1.165, 1.54) is 6.07 Å². The van der Waals surface area contributed by atoms with Crippen LogP contribution in [-0.2, 0) is 0 Å². The van der Waals surface area contributed by atoms with Gasteiger partial charge in [0, 0.05) is 18.2 Å². The molecule has 0 aliphatic rings. The Morgan fingerprint density at radius 3 is 2.94 bits per heavy atom. The summed E-state index contributed by atoms with van der Waals surface area (Å²) in [5.41, 5.74) is 0.245. The zero-order chi connectivity index (χ0) is 12.4. The first-order chi connectivity index (χ1) is 8.11. The molecule has 0 spiro atoms. The molecule has 5 heteroatoms. The topological polar surface area (TPSA) is 74.5 Å². The predicted octanol–water partition coefficient (Wildman–Crippen LogP) is 1.56. The van der Waals surface area contributed by atoms with Crippen molar-refractivity contribution in [1.29, 1.82) is 5.26 Å². The van der Waals surface area contributed by atoms with Gasteiger partial charge in [-0.3, -0.25) is 9.36 Å². The molecule has 2 rings (SSSR count). The third-order valence-electron chi connectivity index (χ3n) is 2.40. The summed E-state index contributed by atoms with van der Waals surface area (Å²) in [5, 5.41) is 8.93. The normalized spacial score (nSPS) is 10.5. The second kappa shape index (κ2) is 4.26. The molecule has 0 saturated carbocycles. The van der Waals surface area contributed by atoms with Crippen LogP contribution in [0.25, 0.3) is 5.82 Å². The van der Waals surface area contributed by atoms with Crippen LogP contribution in [0.2, 0.25) is 0 Å². The van der Waals surface area contributed by atoms with Crippen molar-refractivity contribution < 1.29 is 0 Å². The summed E-state index contributed by atoms with van der Waals surface area (Å²) in [7, 11) is 0. The molecular weight excluding hydrogens is 216 g/mol. The lowest BCUT2D eigenvalue weighted by molar-refractivity contribution is 0.754. The van der Waals surface area contributed by atoms with E-state index in [4.69, 9.17) is 5.26 Å². The first kappa shape index (κ1) is 11.1. The van der Waals surface area contributed by atoms with Gasteiger partial charge in [-0.15, -0.1) is 0 Å². The number of aromatic nitrogens is 3. The average Bonchev–Trinajstić information content (AvgIpc) is 2.76. The molecule has 0 fully saturated rings. The van der Waals surface area contributed by atoms with Crippen molar-refractivity contribution in [2.45, 2.75) is 19.8 Å². The highest BCUT2D eigenvalue weighted by molar-refractivity contribution is 5.33. The highest BCUT2D eigenvalue weighted by Gasteiger charge is 2.08. The van der Waals surface area contributed by atoms with Crippen LogP contribution >= 0.6 is 0 Å². The Morgan fingerprint density at radius 2 is 2.29 bits per heavy atom. The lowest BCUT2D eigenvalue weighted by atomic mass is 10.2. The van der Waals surface area contributed by atoms with Gasteiger partial charge in [0.2, 0.25) is 0 Å². The number of nitriles is 1. The number of hydrogen-bond donors (Lipinski definition) is 1. The average molecular weight is 228 g/mol. The quantitative estimate of drug-likeness (QED) is 0.847. The van der Waals surface area contributed by atoms with Gasteiger partial charge in [-0.05, 0) is 12.1 Å². The molecule has 5 nitrogen and oxygen atoms in total. The molecule has 0 unspecified atom stereocenters. The van der Waals surface area contributed by atoms with Crippen LogP contribution in [-0.4, -0.2) is 14.5 Å². The van der Waals surface area contributed by atoms with Gasteiger partial charge in [0.15, 0.2) is 0 Å². The number of nitrogens with one attached hydrogen (secondary N) is 1. The number of hydrogen-bond acceptors (Lipinski definition) is 3. The first-order valence-corrected chi connectivity index (χ1v) is 5.31. The van der Waals surface area contributed by atoms with Gasteiger partial charge in [-0.2, -0.15) is 5.26 Å². The van der Waals surface area contributed by atoms with Crippen LogP contribution < -0.4 is 5.56 Å². The van der Waals surface area contributed by atoms with E-state index in [-0.39, 0.29) is 11.5 Å². The molecule has 0 bridgehead atoms. The zero-order valence-corrected chi connectivity index (χ0v) is 9.64. The van der Waals surface area contributed by atoms with Crippen LogP contribution in [0, 0.1) is 11.3 Å². The van der Waals surface area contributed by atoms with Gasteiger partial charge in [0.1, 0.15) is 23.4 Å². The monoisotopic (exact) mass is 228 g/mol. The first-order valence-electron chi connectivity index (χ1n) is 5.31. The molecule has 0 aliphatic carbocycles. The zero-order valence-electron chi connectivity index (χ0n) is 9.64. The Morgan fingerprint density at radius 1 is 1.53 bits per heavy atom. The lowest BCUT2D eigenvalue weighted by Crippen LogP contribution is -2.15. The molecule has 2 aromatic rings. The maximum absolute atomic E-state index is 11.5. The van der Waals surface area contributed by atoms with Gasteiger partial charge in [0.25, 0.3) is 5.56 Å². The van der Waals surface area contributed by atoms with E-state index < -0.39 is 0 Å². The van der Waals surface area contributed by atoms with E-state index in [2.05, 4.69) is 16.0 Å². The standard InChI is InChI=1S/C12H12N4O/c1-8(2)12-14-10(6-11(17)15-12)16-5-3-4-9(16)7-13/h3-6,8H,1-2H3,(H,14,15,17). The molecule has 0 saturated heterocycles. The Labute approximate surface area is 98.4 Å². The molecule has 86 valence electrons. The molecule has 0 aliphatic heterocycles. The summed E-state index contributed by atoms with van der Waals surface area (Å²) in [6, 6.07) is 6.86. The third kappa shape index (κ3) is 2.11. The van der Waals surface area contributed by atoms with Crippen molar-refractivity contribution in [3.8, 4) is 11.9 Å². The molecule has 17 heavy (non-hydrogen) atoms. The SMILES string of the molecule is CC(C)c1nc(-n2cccc2C#N)cc(=O)[nH]1. The van der Waals surface area contributed by atoms with Crippen molar-refractivity contribution in [3.63, 3.8) is 0 Å². The van der Waals surface area contributed by atoms with Crippen molar-refractivity contribution >= 4 is 0 Å². The number of H-pyrrole nitrogens is 1. The summed E-state index contributed by atoms with van der Waals surface area (Å²) in [6.07, 6.45) is 1.71. The lowest BCUT2D eigenvalue weighted by Gasteiger charge is -2.08. The van der Waals surface area contributed by atoms with Crippen LogP contribution in [0.1, 0.15) is 31.3 Å². The number of nitrogens with zero attached hydrogens (tertiary/aromatic N) is 3. The highest BCUT2D eigenvalue weighted by Crippen LogP contribution is 2.11. The third-order valence-corrected chi connectivity index (χ3v) is 2.40. The highest BCUT2D eigenvalue weighted by atomic mass is 16.1. The fourth-order valence-electron chi connectivity index (χ4n) is 1.53. The van der Waals surface area contributed by atoms with Crippen LogP contribution in [0.15, 0.2) is 29.2 Å². The predicted molar refractivity (Wildman–Crippen MR) is 63.0 cm³/mol. The van der Waals surface area contributed by atoms with E-state index in [0.29, 0.717) is 17.3 Å². The minimum Gasteiger partial charge on any atom is -0.310 e. The Kier molecular flexibility index (Phi) is 2.79.